The maximum Gasteiger partial charge on any atom is 0.134 e. The number of nitrogens with zero attached hydrogens (tertiary/aromatic N) is 5. The highest BCUT2D eigenvalue weighted by Crippen LogP contribution is 2.26. The van der Waals surface area contributed by atoms with Crippen LogP contribution in [-0.2, 0) is 0 Å². The summed E-state index contributed by atoms with van der Waals surface area (Å²) in [5.41, 5.74) is 1.29. The normalized spacial score (nSPS) is 21.2. The molecule has 4 rings (SSSR count). The molecule has 0 radical (unpaired) electrons. The number of aromatic nitrogens is 2. The van der Waals surface area contributed by atoms with Gasteiger partial charge in [-0.15, -0.1) is 0 Å². The topological polar surface area (TPSA) is 55.7 Å². The van der Waals surface area contributed by atoms with E-state index in [-0.39, 0.29) is 12.6 Å². The Morgan fingerprint density at radius 3 is 2.48 bits per heavy atom. The molecule has 0 amide bonds. The zero-order valence-corrected chi connectivity index (χ0v) is 15.9. The fourth-order valence-corrected chi connectivity index (χ4v) is 4.20. The maximum atomic E-state index is 9.71. The highest BCUT2D eigenvalue weighted by Gasteiger charge is 2.24. The molecule has 144 valence electrons. The van der Waals surface area contributed by atoms with Gasteiger partial charge in [-0.2, -0.15) is 0 Å². The molecule has 27 heavy (non-hydrogen) atoms. The van der Waals surface area contributed by atoms with Crippen molar-refractivity contribution < 1.29 is 5.11 Å². The smallest absolute Gasteiger partial charge is 0.134 e. The number of piperidine rings is 1. The summed E-state index contributed by atoms with van der Waals surface area (Å²) < 4.78 is 0. The molecule has 1 atom stereocenters. The van der Waals surface area contributed by atoms with E-state index in [1.54, 1.807) is 6.33 Å². The Kier molecular flexibility index (Phi) is 5.72. The third-order valence-corrected chi connectivity index (χ3v) is 5.71. The van der Waals surface area contributed by atoms with Gasteiger partial charge in [-0.1, -0.05) is 18.2 Å². The third kappa shape index (κ3) is 4.16. The number of anilines is 3. The number of rotatable bonds is 4. The lowest BCUT2D eigenvalue weighted by Crippen LogP contribution is -2.42. The van der Waals surface area contributed by atoms with E-state index in [1.165, 1.54) is 12.1 Å². The van der Waals surface area contributed by atoms with Gasteiger partial charge in [0.1, 0.15) is 18.0 Å². The first kappa shape index (κ1) is 18.0. The first-order valence-corrected chi connectivity index (χ1v) is 10.1. The molecular formula is C21H29N5O. The van der Waals surface area contributed by atoms with Crippen LogP contribution in [0.2, 0.25) is 0 Å². The molecule has 6 heteroatoms. The van der Waals surface area contributed by atoms with E-state index >= 15 is 0 Å². The Labute approximate surface area is 161 Å². The summed E-state index contributed by atoms with van der Waals surface area (Å²) in [6.45, 7) is 5.17. The zero-order valence-electron chi connectivity index (χ0n) is 15.9. The van der Waals surface area contributed by atoms with Crippen molar-refractivity contribution in [1.29, 1.82) is 0 Å². The minimum atomic E-state index is 0.180. The summed E-state index contributed by atoms with van der Waals surface area (Å²) in [5.74, 6) is 1.94. The van der Waals surface area contributed by atoms with Crippen LogP contribution in [0, 0.1) is 0 Å². The van der Waals surface area contributed by atoms with Crippen LogP contribution in [-0.4, -0.2) is 60.4 Å². The van der Waals surface area contributed by atoms with Crippen LogP contribution in [0.1, 0.15) is 25.7 Å². The van der Waals surface area contributed by atoms with E-state index in [1.807, 2.05) is 0 Å². The zero-order chi connectivity index (χ0) is 18.5. The Bertz CT molecular complexity index is 726. The second-order valence-corrected chi connectivity index (χ2v) is 7.42. The van der Waals surface area contributed by atoms with Crippen molar-refractivity contribution >= 4 is 17.3 Å². The van der Waals surface area contributed by atoms with Crippen molar-refractivity contribution in [3.63, 3.8) is 0 Å². The predicted octanol–water partition coefficient (Wildman–Crippen LogP) is 2.54. The number of aliphatic hydroxyl groups excluding tert-OH is 1. The van der Waals surface area contributed by atoms with Crippen LogP contribution in [0.5, 0.6) is 0 Å². The summed E-state index contributed by atoms with van der Waals surface area (Å²) in [7, 11) is 0. The molecule has 2 aromatic rings. The molecule has 2 aliphatic heterocycles. The van der Waals surface area contributed by atoms with Crippen molar-refractivity contribution in [2.75, 3.05) is 54.0 Å². The first-order valence-electron chi connectivity index (χ1n) is 10.1. The maximum absolute atomic E-state index is 9.71. The molecular weight excluding hydrogens is 338 g/mol. The predicted molar refractivity (Wildman–Crippen MR) is 110 cm³/mol. The van der Waals surface area contributed by atoms with Crippen molar-refractivity contribution in [1.82, 2.24) is 9.97 Å². The van der Waals surface area contributed by atoms with Crippen LogP contribution in [0.25, 0.3) is 0 Å². The van der Waals surface area contributed by atoms with Crippen molar-refractivity contribution in [3.05, 3.63) is 42.7 Å². The highest BCUT2D eigenvalue weighted by atomic mass is 16.3. The van der Waals surface area contributed by atoms with Gasteiger partial charge in [0.05, 0.1) is 12.6 Å². The molecule has 1 aromatic heterocycles. The van der Waals surface area contributed by atoms with E-state index in [0.717, 1.165) is 63.6 Å². The van der Waals surface area contributed by atoms with Gasteiger partial charge in [0.25, 0.3) is 0 Å². The minimum Gasteiger partial charge on any atom is -0.394 e. The van der Waals surface area contributed by atoms with Gasteiger partial charge < -0.3 is 19.8 Å². The van der Waals surface area contributed by atoms with Crippen LogP contribution in [0.3, 0.4) is 0 Å². The van der Waals surface area contributed by atoms with Gasteiger partial charge in [0.15, 0.2) is 0 Å². The van der Waals surface area contributed by atoms with Crippen LogP contribution in [0.4, 0.5) is 17.3 Å². The molecule has 0 saturated carbocycles. The molecule has 3 heterocycles. The summed E-state index contributed by atoms with van der Waals surface area (Å²) >= 11 is 0. The summed E-state index contributed by atoms with van der Waals surface area (Å²) in [6, 6.07) is 12.9. The summed E-state index contributed by atoms with van der Waals surface area (Å²) in [6.07, 6.45) is 6.16. The van der Waals surface area contributed by atoms with Crippen LogP contribution in [0.15, 0.2) is 42.7 Å². The van der Waals surface area contributed by atoms with Gasteiger partial charge in [-0.3, -0.25) is 0 Å². The molecule has 1 N–H and O–H groups in total. The van der Waals surface area contributed by atoms with Crippen molar-refractivity contribution in [2.45, 2.75) is 31.7 Å². The van der Waals surface area contributed by atoms with Gasteiger partial charge in [0.2, 0.25) is 0 Å². The van der Waals surface area contributed by atoms with Gasteiger partial charge in [-0.05, 0) is 37.8 Å². The molecule has 0 spiro atoms. The lowest BCUT2D eigenvalue weighted by Gasteiger charge is -2.36. The van der Waals surface area contributed by atoms with E-state index in [2.05, 4.69) is 61.1 Å². The van der Waals surface area contributed by atoms with E-state index in [4.69, 9.17) is 0 Å². The average molecular weight is 367 g/mol. The lowest BCUT2D eigenvalue weighted by atomic mass is 10.0. The van der Waals surface area contributed by atoms with Gasteiger partial charge in [-0.25, -0.2) is 9.97 Å². The second kappa shape index (κ2) is 8.57. The Morgan fingerprint density at radius 1 is 0.852 bits per heavy atom. The Balaban J connectivity index is 1.47. The number of para-hydroxylation sites is 1. The van der Waals surface area contributed by atoms with Crippen molar-refractivity contribution in [3.8, 4) is 0 Å². The third-order valence-electron chi connectivity index (χ3n) is 5.71. The fourth-order valence-electron chi connectivity index (χ4n) is 4.20. The monoisotopic (exact) mass is 367 g/mol. The number of hydrogen-bond donors (Lipinski definition) is 1. The van der Waals surface area contributed by atoms with Gasteiger partial charge >= 0.3 is 0 Å². The van der Waals surface area contributed by atoms with Gasteiger partial charge in [0, 0.05) is 44.5 Å². The summed E-state index contributed by atoms with van der Waals surface area (Å²) in [5, 5.41) is 9.71. The van der Waals surface area contributed by atoms with E-state index in [0.29, 0.717) is 0 Å². The highest BCUT2D eigenvalue weighted by molar-refractivity contribution is 5.52. The molecule has 2 aliphatic rings. The molecule has 2 saturated heterocycles. The second-order valence-electron chi connectivity index (χ2n) is 7.42. The Morgan fingerprint density at radius 2 is 1.63 bits per heavy atom. The fraction of sp³-hybridized carbons (Fsp3) is 0.524. The number of aliphatic hydroxyl groups is 1. The largest absolute Gasteiger partial charge is 0.394 e. The molecule has 0 bridgehead atoms. The average Bonchev–Trinajstić information content (AvgIpc) is 3.01. The van der Waals surface area contributed by atoms with E-state index < -0.39 is 0 Å². The summed E-state index contributed by atoms with van der Waals surface area (Å²) in [4.78, 5) is 16.1. The SMILES string of the molecule is OCC1CCCCN1c1cc(N2CCCN(c3ccccc3)CC2)ncn1. The lowest BCUT2D eigenvalue weighted by molar-refractivity contribution is 0.239. The molecule has 0 aliphatic carbocycles. The molecule has 1 unspecified atom stereocenters. The number of hydrogen-bond acceptors (Lipinski definition) is 6. The van der Waals surface area contributed by atoms with Crippen molar-refractivity contribution in [2.24, 2.45) is 0 Å². The first-order chi connectivity index (χ1) is 13.3. The minimum absolute atomic E-state index is 0.180. The quantitative estimate of drug-likeness (QED) is 0.896. The van der Waals surface area contributed by atoms with E-state index in [9.17, 15) is 5.11 Å². The van der Waals surface area contributed by atoms with Crippen LogP contribution >= 0.6 is 0 Å². The Hall–Kier alpha value is -2.34. The molecule has 2 fully saturated rings. The molecule has 1 aromatic carbocycles. The van der Waals surface area contributed by atoms with Crippen LogP contribution < -0.4 is 14.7 Å². The number of benzene rings is 1. The molecule has 6 nitrogen and oxygen atoms in total. The standard InChI is InChI=1S/C21H29N5O/c27-16-19-9-4-5-12-26(19)21-15-20(22-17-23-21)25-11-6-10-24(13-14-25)18-7-2-1-3-8-18/h1-3,7-8,15,17,19,27H,4-6,9-14,16H2.